The fourth-order valence-electron chi connectivity index (χ4n) is 2.86. The number of carbonyl (C=O) groups excluding carboxylic acids is 2. The van der Waals surface area contributed by atoms with Crippen LogP contribution in [0.5, 0.6) is 0 Å². The molecule has 0 amide bonds. The van der Waals surface area contributed by atoms with Gasteiger partial charge >= 0.3 is 11.9 Å². The van der Waals surface area contributed by atoms with Crippen LogP contribution in [0.3, 0.4) is 0 Å². The first-order valence-corrected chi connectivity index (χ1v) is 8.78. The average Bonchev–Trinajstić information content (AvgIpc) is 2.59. The fraction of sp³-hybridized carbons (Fsp3) is 0.368. The molecule has 1 aliphatic rings. The van der Waals surface area contributed by atoms with Crippen molar-refractivity contribution in [1.82, 2.24) is 4.90 Å². The van der Waals surface area contributed by atoms with Crippen molar-refractivity contribution in [2.24, 2.45) is 5.92 Å². The Morgan fingerprint density at radius 3 is 2.12 bits per heavy atom. The van der Waals surface area contributed by atoms with E-state index in [0.717, 1.165) is 10.0 Å². The molecule has 0 saturated heterocycles. The molecule has 25 heavy (non-hydrogen) atoms. The van der Waals surface area contributed by atoms with E-state index in [9.17, 15) is 9.59 Å². The largest absolute Gasteiger partial charge is 0.466 e. The van der Waals surface area contributed by atoms with Crippen LogP contribution >= 0.6 is 15.9 Å². The molecule has 0 N–H and O–H groups in total. The zero-order valence-corrected chi connectivity index (χ0v) is 16.4. The fourth-order valence-corrected chi connectivity index (χ4v) is 3.28. The normalized spacial score (nSPS) is 14.9. The van der Waals surface area contributed by atoms with Gasteiger partial charge in [0.1, 0.15) is 0 Å². The van der Waals surface area contributed by atoms with Crippen LogP contribution in [0.1, 0.15) is 25.3 Å². The number of hydrogen-bond acceptors (Lipinski definition) is 5. The van der Waals surface area contributed by atoms with Crippen molar-refractivity contribution in [3.63, 3.8) is 0 Å². The van der Waals surface area contributed by atoms with Crippen LogP contribution in [0.2, 0.25) is 0 Å². The molecule has 0 radical (unpaired) electrons. The summed E-state index contributed by atoms with van der Waals surface area (Å²) < 4.78 is 10.8. The lowest BCUT2D eigenvalue weighted by molar-refractivity contribution is -0.137. The van der Waals surface area contributed by atoms with Gasteiger partial charge in [0, 0.05) is 23.4 Å². The highest BCUT2D eigenvalue weighted by molar-refractivity contribution is 9.10. The number of benzene rings is 1. The molecule has 134 valence electrons. The standard InChI is InChI=1S/C19H22BrNO4/c1-12(2)9-21-10-15(18(22)24-3)17(16(11-21)19(23)25-4)13-6-5-7-14(20)8-13/h5-8,10-12,17H,9H2,1-4H3. The molecule has 5 nitrogen and oxygen atoms in total. The van der Waals surface area contributed by atoms with Crippen molar-refractivity contribution >= 4 is 27.9 Å². The van der Waals surface area contributed by atoms with Crippen molar-refractivity contribution in [3.05, 3.63) is 57.8 Å². The Balaban J connectivity index is 2.58. The van der Waals surface area contributed by atoms with Crippen molar-refractivity contribution in [1.29, 1.82) is 0 Å². The Hall–Kier alpha value is -2.08. The van der Waals surface area contributed by atoms with Crippen LogP contribution in [0.4, 0.5) is 0 Å². The number of methoxy groups -OCH3 is 2. The second kappa shape index (κ2) is 8.34. The number of hydrogen-bond donors (Lipinski definition) is 0. The predicted octanol–water partition coefficient (Wildman–Crippen LogP) is 3.62. The molecule has 0 atom stereocenters. The summed E-state index contributed by atoms with van der Waals surface area (Å²) in [5.41, 5.74) is 1.63. The monoisotopic (exact) mass is 407 g/mol. The lowest BCUT2D eigenvalue weighted by atomic mass is 9.83. The van der Waals surface area contributed by atoms with E-state index in [2.05, 4.69) is 29.8 Å². The maximum absolute atomic E-state index is 12.4. The Bertz CT molecular complexity index is 690. The van der Waals surface area contributed by atoms with Crippen molar-refractivity contribution in [2.75, 3.05) is 20.8 Å². The van der Waals surface area contributed by atoms with E-state index in [1.807, 2.05) is 29.2 Å². The van der Waals surface area contributed by atoms with Crippen LogP contribution in [-0.4, -0.2) is 37.6 Å². The average molecular weight is 408 g/mol. The Morgan fingerprint density at radius 2 is 1.68 bits per heavy atom. The summed E-state index contributed by atoms with van der Waals surface area (Å²) in [5.74, 6) is -1.12. The molecule has 2 rings (SSSR count). The van der Waals surface area contributed by atoms with Gasteiger partial charge in [-0.15, -0.1) is 0 Å². The Kier molecular flexibility index (Phi) is 6.42. The SMILES string of the molecule is COC(=O)C1=CN(CC(C)C)C=C(C(=O)OC)C1c1cccc(Br)c1. The van der Waals surface area contributed by atoms with Gasteiger partial charge in [-0.2, -0.15) is 0 Å². The van der Waals surface area contributed by atoms with E-state index in [0.29, 0.717) is 23.6 Å². The quantitative estimate of drug-likeness (QED) is 0.697. The first-order valence-electron chi connectivity index (χ1n) is 7.98. The van der Waals surface area contributed by atoms with E-state index in [1.165, 1.54) is 14.2 Å². The van der Waals surface area contributed by atoms with Crippen LogP contribution < -0.4 is 0 Å². The molecule has 0 aliphatic carbocycles. The van der Waals surface area contributed by atoms with Crippen LogP contribution in [0, 0.1) is 5.92 Å². The Morgan fingerprint density at radius 1 is 1.12 bits per heavy atom. The molecule has 0 bridgehead atoms. The molecule has 1 aromatic carbocycles. The number of rotatable bonds is 5. The number of carbonyl (C=O) groups is 2. The van der Waals surface area contributed by atoms with E-state index in [1.54, 1.807) is 12.4 Å². The molecule has 1 aliphatic heterocycles. The van der Waals surface area contributed by atoms with Gasteiger partial charge in [0.25, 0.3) is 0 Å². The molecule has 0 spiro atoms. The third-order valence-corrected chi connectivity index (χ3v) is 4.33. The third kappa shape index (κ3) is 4.51. The summed E-state index contributed by atoms with van der Waals surface area (Å²) in [5, 5.41) is 0. The first kappa shape index (κ1) is 19.2. The zero-order chi connectivity index (χ0) is 18.6. The molecule has 1 heterocycles. The summed E-state index contributed by atoms with van der Waals surface area (Å²) in [6.07, 6.45) is 3.51. The maximum Gasteiger partial charge on any atom is 0.336 e. The minimum absolute atomic E-state index is 0.354. The molecule has 0 fully saturated rings. The summed E-state index contributed by atoms with van der Waals surface area (Å²) in [7, 11) is 2.67. The summed E-state index contributed by atoms with van der Waals surface area (Å²) in [6, 6.07) is 7.52. The van der Waals surface area contributed by atoms with Gasteiger partial charge in [-0.3, -0.25) is 0 Å². The number of halogens is 1. The van der Waals surface area contributed by atoms with Crippen molar-refractivity contribution in [2.45, 2.75) is 19.8 Å². The highest BCUT2D eigenvalue weighted by atomic mass is 79.9. The second-order valence-corrected chi connectivity index (χ2v) is 7.15. The third-order valence-electron chi connectivity index (χ3n) is 3.83. The number of nitrogens with zero attached hydrogens (tertiary/aromatic N) is 1. The van der Waals surface area contributed by atoms with Crippen LogP contribution in [0.15, 0.2) is 52.3 Å². The van der Waals surface area contributed by atoms with Gasteiger partial charge in [0.05, 0.1) is 31.3 Å². The minimum Gasteiger partial charge on any atom is -0.466 e. The van der Waals surface area contributed by atoms with Gasteiger partial charge in [-0.1, -0.05) is 41.9 Å². The topological polar surface area (TPSA) is 55.8 Å². The van der Waals surface area contributed by atoms with Gasteiger partial charge in [0.2, 0.25) is 0 Å². The van der Waals surface area contributed by atoms with Gasteiger partial charge in [-0.05, 0) is 23.6 Å². The van der Waals surface area contributed by atoms with Crippen LogP contribution in [-0.2, 0) is 19.1 Å². The van der Waals surface area contributed by atoms with Gasteiger partial charge < -0.3 is 14.4 Å². The summed E-state index contributed by atoms with van der Waals surface area (Å²) in [4.78, 5) is 26.7. The van der Waals surface area contributed by atoms with E-state index in [4.69, 9.17) is 9.47 Å². The molecule has 0 saturated carbocycles. The lowest BCUT2D eigenvalue weighted by Gasteiger charge is -2.31. The van der Waals surface area contributed by atoms with E-state index < -0.39 is 17.9 Å². The highest BCUT2D eigenvalue weighted by Crippen LogP contribution is 2.37. The summed E-state index contributed by atoms with van der Waals surface area (Å²) in [6.45, 7) is 4.81. The highest BCUT2D eigenvalue weighted by Gasteiger charge is 2.35. The molecule has 1 aromatic rings. The van der Waals surface area contributed by atoms with E-state index >= 15 is 0 Å². The van der Waals surface area contributed by atoms with E-state index in [-0.39, 0.29) is 0 Å². The van der Waals surface area contributed by atoms with Crippen molar-refractivity contribution < 1.29 is 19.1 Å². The Labute approximate surface area is 156 Å². The molecule has 6 heteroatoms. The first-order chi connectivity index (χ1) is 11.9. The molecule has 0 unspecified atom stereocenters. The van der Waals surface area contributed by atoms with Gasteiger partial charge in [0.15, 0.2) is 0 Å². The van der Waals surface area contributed by atoms with Gasteiger partial charge in [-0.25, -0.2) is 9.59 Å². The van der Waals surface area contributed by atoms with Crippen molar-refractivity contribution in [3.8, 4) is 0 Å². The molecular formula is C19H22BrNO4. The predicted molar refractivity (Wildman–Crippen MR) is 98.6 cm³/mol. The maximum atomic E-state index is 12.4. The number of ether oxygens (including phenoxy) is 2. The van der Waals surface area contributed by atoms with Crippen LogP contribution in [0.25, 0.3) is 0 Å². The second-order valence-electron chi connectivity index (χ2n) is 6.23. The smallest absolute Gasteiger partial charge is 0.336 e. The zero-order valence-electron chi connectivity index (χ0n) is 14.8. The lowest BCUT2D eigenvalue weighted by Crippen LogP contribution is -2.30. The number of esters is 2. The summed E-state index contributed by atoms with van der Waals surface area (Å²) >= 11 is 3.44. The minimum atomic E-state index is -0.541. The molecule has 0 aromatic heterocycles. The molecular weight excluding hydrogens is 386 g/mol.